The summed E-state index contributed by atoms with van der Waals surface area (Å²) in [5.41, 5.74) is 1.03. The molecule has 0 fully saturated rings. The molecule has 5 nitrogen and oxygen atoms in total. The SMILES string of the molecule is C=CCC(CC)(CC)NCc1ccc(C(=O)NS(C)(=O)=O)cc1Cl. The Morgan fingerprint density at radius 1 is 1.33 bits per heavy atom. The van der Waals surface area contributed by atoms with Crippen LogP contribution in [0.2, 0.25) is 5.02 Å². The highest BCUT2D eigenvalue weighted by atomic mass is 35.5. The summed E-state index contributed by atoms with van der Waals surface area (Å²) in [6.07, 6.45) is 5.61. The average Bonchev–Trinajstić information content (AvgIpc) is 2.50. The second kappa shape index (κ2) is 8.65. The largest absolute Gasteiger partial charge is 0.307 e. The van der Waals surface area contributed by atoms with Gasteiger partial charge in [-0.3, -0.25) is 4.79 Å². The second-order valence-corrected chi connectivity index (χ2v) is 8.00. The highest BCUT2D eigenvalue weighted by Crippen LogP contribution is 2.23. The zero-order chi connectivity index (χ0) is 18.4. The summed E-state index contributed by atoms with van der Waals surface area (Å²) in [6.45, 7) is 8.62. The molecule has 0 saturated heterocycles. The molecule has 24 heavy (non-hydrogen) atoms. The molecule has 1 amide bonds. The first kappa shape index (κ1) is 20.7. The Hall–Kier alpha value is -1.37. The molecule has 0 bridgehead atoms. The van der Waals surface area contributed by atoms with Crippen molar-refractivity contribution in [2.24, 2.45) is 0 Å². The third-order valence-corrected chi connectivity index (χ3v) is 5.04. The Morgan fingerprint density at radius 2 is 1.96 bits per heavy atom. The number of amides is 1. The van der Waals surface area contributed by atoms with Gasteiger partial charge in [-0.05, 0) is 37.0 Å². The molecule has 0 saturated carbocycles. The lowest BCUT2D eigenvalue weighted by Gasteiger charge is -2.32. The number of hydrogen-bond acceptors (Lipinski definition) is 4. The number of carbonyl (C=O) groups is 1. The first-order valence-electron chi connectivity index (χ1n) is 7.83. The van der Waals surface area contributed by atoms with E-state index in [0.717, 1.165) is 31.1 Å². The van der Waals surface area contributed by atoms with Crippen LogP contribution in [-0.4, -0.2) is 26.1 Å². The van der Waals surface area contributed by atoms with Crippen molar-refractivity contribution in [1.29, 1.82) is 0 Å². The smallest absolute Gasteiger partial charge is 0.264 e. The lowest BCUT2D eigenvalue weighted by molar-refractivity contribution is 0.0981. The maximum atomic E-state index is 11.8. The summed E-state index contributed by atoms with van der Waals surface area (Å²) in [5, 5.41) is 3.95. The van der Waals surface area contributed by atoms with Gasteiger partial charge in [0.15, 0.2) is 0 Å². The second-order valence-electron chi connectivity index (χ2n) is 5.84. The molecule has 1 aromatic carbocycles. The van der Waals surface area contributed by atoms with Gasteiger partial charge in [0.05, 0.1) is 6.26 Å². The van der Waals surface area contributed by atoms with E-state index in [4.69, 9.17) is 11.6 Å². The summed E-state index contributed by atoms with van der Waals surface area (Å²) < 4.78 is 24.2. The number of nitrogens with one attached hydrogen (secondary N) is 2. The van der Waals surface area contributed by atoms with E-state index in [0.29, 0.717) is 11.6 Å². The van der Waals surface area contributed by atoms with Crippen LogP contribution in [-0.2, 0) is 16.6 Å². The monoisotopic (exact) mass is 372 g/mol. The molecular weight excluding hydrogens is 348 g/mol. The molecule has 134 valence electrons. The van der Waals surface area contributed by atoms with E-state index in [1.165, 1.54) is 6.07 Å². The molecule has 1 aromatic rings. The third-order valence-electron chi connectivity index (χ3n) is 4.14. The number of rotatable bonds is 9. The van der Waals surface area contributed by atoms with Crippen LogP contribution >= 0.6 is 11.6 Å². The Bertz CT molecular complexity index is 698. The zero-order valence-electron chi connectivity index (χ0n) is 14.4. The number of halogens is 1. The minimum absolute atomic E-state index is 0.0303. The van der Waals surface area contributed by atoms with Crippen LogP contribution in [0.5, 0.6) is 0 Å². The minimum Gasteiger partial charge on any atom is -0.307 e. The van der Waals surface area contributed by atoms with Crippen molar-refractivity contribution in [1.82, 2.24) is 10.0 Å². The quantitative estimate of drug-likeness (QED) is 0.652. The van der Waals surface area contributed by atoms with Crippen molar-refractivity contribution in [3.05, 3.63) is 47.0 Å². The molecule has 0 heterocycles. The van der Waals surface area contributed by atoms with Gasteiger partial charge in [0.25, 0.3) is 5.91 Å². The topological polar surface area (TPSA) is 75.3 Å². The number of hydrogen-bond donors (Lipinski definition) is 2. The summed E-state index contributed by atoms with van der Waals surface area (Å²) in [6, 6.07) is 4.78. The average molecular weight is 373 g/mol. The molecule has 0 aromatic heterocycles. The molecule has 1 rings (SSSR count). The van der Waals surface area contributed by atoms with E-state index in [1.54, 1.807) is 12.1 Å². The van der Waals surface area contributed by atoms with Gasteiger partial charge in [-0.2, -0.15) is 0 Å². The van der Waals surface area contributed by atoms with Gasteiger partial charge in [-0.15, -0.1) is 6.58 Å². The maximum absolute atomic E-state index is 11.8. The first-order valence-corrected chi connectivity index (χ1v) is 10.1. The Morgan fingerprint density at radius 3 is 2.42 bits per heavy atom. The van der Waals surface area contributed by atoms with Crippen molar-refractivity contribution in [3.8, 4) is 0 Å². The predicted octanol–water partition coefficient (Wildman–Crippen LogP) is 3.25. The van der Waals surface area contributed by atoms with E-state index in [-0.39, 0.29) is 11.1 Å². The van der Waals surface area contributed by atoms with Crippen LogP contribution in [0.15, 0.2) is 30.9 Å². The number of sulfonamides is 1. The van der Waals surface area contributed by atoms with Gasteiger partial charge in [0.2, 0.25) is 10.0 Å². The Balaban J connectivity index is 2.89. The fraction of sp³-hybridized carbons (Fsp3) is 0.471. The summed E-state index contributed by atoms with van der Waals surface area (Å²) in [7, 11) is -3.60. The van der Waals surface area contributed by atoms with Crippen LogP contribution < -0.4 is 10.0 Å². The van der Waals surface area contributed by atoms with Gasteiger partial charge < -0.3 is 5.32 Å². The molecule has 0 spiro atoms. The van der Waals surface area contributed by atoms with Gasteiger partial charge in [0, 0.05) is 22.7 Å². The number of benzene rings is 1. The van der Waals surface area contributed by atoms with Crippen LogP contribution in [0.25, 0.3) is 0 Å². The molecule has 7 heteroatoms. The fourth-order valence-electron chi connectivity index (χ4n) is 2.48. The highest BCUT2D eigenvalue weighted by Gasteiger charge is 2.24. The van der Waals surface area contributed by atoms with E-state index in [1.807, 2.05) is 10.8 Å². The standard InChI is InChI=1S/C17H25ClN2O3S/c1-5-10-17(6-2,7-3)19-12-14-9-8-13(11-15(14)18)16(21)20-24(4,22)23/h5,8-9,11,19H,1,6-7,10,12H2,2-4H3,(H,20,21). The van der Waals surface area contributed by atoms with E-state index in [2.05, 4.69) is 25.7 Å². The van der Waals surface area contributed by atoms with Crippen LogP contribution in [0, 0.1) is 0 Å². The van der Waals surface area contributed by atoms with E-state index < -0.39 is 15.9 Å². The van der Waals surface area contributed by atoms with Crippen molar-refractivity contribution in [2.75, 3.05) is 6.26 Å². The summed E-state index contributed by atoms with van der Waals surface area (Å²) in [4.78, 5) is 11.8. The third kappa shape index (κ3) is 5.92. The van der Waals surface area contributed by atoms with Crippen molar-refractivity contribution in [2.45, 2.75) is 45.2 Å². The molecule has 0 aliphatic carbocycles. The zero-order valence-corrected chi connectivity index (χ0v) is 15.9. The van der Waals surface area contributed by atoms with Crippen LogP contribution in [0.1, 0.15) is 49.0 Å². The molecule has 0 aliphatic rings. The van der Waals surface area contributed by atoms with E-state index >= 15 is 0 Å². The molecule has 0 radical (unpaired) electrons. The number of carbonyl (C=O) groups excluding carboxylic acids is 1. The molecule has 0 aliphatic heterocycles. The van der Waals surface area contributed by atoms with Gasteiger partial charge in [-0.1, -0.05) is 37.6 Å². The van der Waals surface area contributed by atoms with Crippen molar-refractivity contribution >= 4 is 27.5 Å². The van der Waals surface area contributed by atoms with Crippen LogP contribution in [0.3, 0.4) is 0 Å². The Kier molecular flexibility index (Phi) is 7.45. The van der Waals surface area contributed by atoms with Crippen LogP contribution in [0.4, 0.5) is 0 Å². The lowest BCUT2D eigenvalue weighted by atomic mass is 9.88. The summed E-state index contributed by atoms with van der Waals surface area (Å²) >= 11 is 6.25. The van der Waals surface area contributed by atoms with Crippen molar-refractivity contribution in [3.63, 3.8) is 0 Å². The normalized spacial score (nSPS) is 12.0. The predicted molar refractivity (Wildman–Crippen MR) is 98.7 cm³/mol. The van der Waals surface area contributed by atoms with E-state index in [9.17, 15) is 13.2 Å². The highest BCUT2D eigenvalue weighted by molar-refractivity contribution is 7.89. The first-order chi connectivity index (χ1) is 11.2. The van der Waals surface area contributed by atoms with Crippen molar-refractivity contribution < 1.29 is 13.2 Å². The minimum atomic E-state index is -3.60. The molecule has 0 unspecified atom stereocenters. The van der Waals surface area contributed by atoms with Gasteiger partial charge in [0.1, 0.15) is 0 Å². The summed E-state index contributed by atoms with van der Waals surface area (Å²) in [5.74, 6) is -0.693. The maximum Gasteiger partial charge on any atom is 0.264 e. The fourth-order valence-corrected chi connectivity index (χ4v) is 3.18. The van der Waals surface area contributed by atoms with Gasteiger partial charge in [-0.25, -0.2) is 13.1 Å². The molecular formula is C17H25ClN2O3S. The molecule has 2 N–H and O–H groups in total. The molecule has 0 atom stereocenters. The lowest BCUT2D eigenvalue weighted by Crippen LogP contribution is -2.43. The Labute approximate surface area is 149 Å². The van der Waals surface area contributed by atoms with Gasteiger partial charge >= 0.3 is 0 Å².